The number of aryl methyl sites for hydroxylation is 1. The van der Waals surface area contributed by atoms with E-state index in [4.69, 9.17) is 30.5 Å². The molecule has 1 amide bonds. The van der Waals surface area contributed by atoms with Crippen LogP contribution in [0.15, 0.2) is 24.4 Å². The molecule has 1 unspecified atom stereocenters. The number of benzene rings is 2. The van der Waals surface area contributed by atoms with E-state index in [1.54, 1.807) is 40.9 Å². The summed E-state index contributed by atoms with van der Waals surface area (Å²) in [7, 11) is 7.57. The van der Waals surface area contributed by atoms with Gasteiger partial charge in [0.1, 0.15) is 11.4 Å². The van der Waals surface area contributed by atoms with Crippen LogP contribution in [0.25, 0.3) is 21.8 Å². The summed E-state index contributed by atoms with van der Waals surface area (Å²) < 4.78 is 23.1. The van der Waals surface area contributed by atoms with Gasteiger partial charge >= 0.3 is 5.97 Å². The van der Waals surface area contributed by atoms with E-state index < -0.39 is 5.97 Å². The molecule has 11 heteroatoms. The third-order valence-electron chi connectivity index (χ3n) is 6.83. The number of carbonyl (C=O) groups is 2. The largest absolute Gasteiger partial charge is 0.506 e. The Labute approximate surface area is 217 Å². The van der Waals surface area contributed by atoms with Gasteiger partial charge in [-0.3, -0.25) is 4.79 Å². The number of fused-ring (bicyclic) bond motifs is 4. The number of alkyl halides is 1. The maximum absolute atomic E-state index is 13.8. The lowest BCUT2D eigenvalue weighted by Crippen LogP contribution is -2.30. The van der Waals surface area contributed by atoms with E-state index >= 15 is 0 Å². The van der Waals surface area contributed by atoms with E-state index in [2.05, 4.69) is 4.98 Å². The summed E-state index contributed by atoms with van der Waals surface area (Å²) in [5.41, 5.74) is 2.84. The number of carbonyl (C=O) groups excluding carboxylic acids is 2. The molecular formula is C26H26ClN3O7. The molecule has 0 saturated carbocycles. The van der Waals surface area contributed by atoms with Gasteiger partial charge in [0.2, 0.25) is 5.75 Å². The van der Waals surface area contributed by atoms with Crippen molar-refractivity contribution in [1.82, 2.24) is 9.55 Å². The third-order valence-corrected chi connectivity index (χ3v) is 7.20. The molecule has 0 radical (unpaired) electrons. The van der Waals surface area contributed by atoms with Crippen LogP contribution in [-0.4, -0.2) is 67.4 Å². The van der Waals surface area contributed by atoms with Crippen LogP contribution in [0, 0.1) is 0 Å². The van der Waals surface area contributed by atoms with Crippen LogP contribution in [-0.2, 0) is 11.8 Å². The van der Waals surface area contributed by atoms with Gasteiger partial charge in [-0.15, -0.1) is 11.6 Å². The average molecular weight is 528 g/mol. The highest BCUT2D eigenvalue weighted by Crippen LogP contribution is 2.48. The van der Waals surface area contributed by atoms with Gasteiger partial charge in [-0.1, -0.05) is 0 Å². The molecule has 0 bridgehead atoms. The summed E-state index contributed by atoms with van der Waals surface area (Å²) in [5, 5.41) is 12.1. The van der Waals surface area contributed by atoms with Crippen molar-refractivity contribution in [2.45, 2.75) is 5.92 Å². The van der Waals surface area contributed by atoms with Crippen molar-refractivity contribution in [3.8, 4) is 23.0 Å². The predicted octanol–water partition coefficient (Wildman–Crippen LogP) is 4.16. The zero-order valence-electron chi connectivity index (χ0n) is 21.0. The second-order valence-corrected chi connectivity index (χ2v) is 9.07. The number of hydrogen-bond donors (Lipinski definition) is 2. The first-order chi connectivity index (χ1) is 17.8. The molecule has 194 valence electrons. The number of rotatable bonds is 6. The molecule has 37 heavy (non-hydrogen) atoms. The fourth-order valence-corrected chi connectivity index (χ4v) is 5.50. The van der Waals surface area contributed by atoms with E-state index in [1.165, 1.54) is 28.4 Å². The molecule has 3 heterocycles. The average Bonchev–Trinajstić information content (AvgIpc) is 3.59. The molecule has 2 N–H and O–H groups in total. The highest BCUT2D eigenvalue weighted by atomic mass is 35.5. The van der Waals surface area contributed by atoms with Crippen molar-refractivity contribution in [3.63, 3.8) is 0 Å². The Kier molecular flexibility index (Phi) is 6.07. The molecular weight excluding hydrogens is 502 g/mol. The van der Waals surface area contributed by atoms with E-state index in [1.807, 2.05) is 0 Å². The number of aromatic hydroxyl groups is 1. The first kappa shape index (κ1) is 24.6. The third kappa shape index (κ3) is 3.54. The Hall–Kier alpha value is -4.05. The van der Waals surface area contributed by atoms with Crippen LogP contribution in [0.3, 0.4) is 0 Å². The Morgan fingerprint density at radius 1 is 1.11 bits per heavy atom. The Morgan fingerprint density at radius 2 is 1.84 bits per heavy atom. The van der Waals surface area contributed by atoms with Gasteiger partial charge in [-0.05, 0) is 17.7 Å². The van der Waals surface area contributed by atoms with Crippen molar-refractivity contribution < 1.29 is 33.6 Å². The van der Waals surface area contributed by atoms with Gasteiger partial charge in [0.15, 0.2) is 11.5 Å². The molecule has 4 aromatic rings. The maximum atomic E-state index is 13.8. The molecule has 1 atom stereocenters. The summed E-state index contributed by atoms with van der Waals surface area (Å²) >= 11 is 6.36. The number of phenols is 1. The highest BCUT2D eigenvalue weighted by Gasteiger charge is 2.38. The zero-order chi connectivity index (χ0) is 26.6. The number of esters is 1. The summed E-state index contributed by atoms with van der Waals surface area (Å²) in [4.78, 5) is 31.1. The smallest absolute Gasteiger partial charge is 0.340 e. The Balaban J connectivity index is 1.68. The van der Waals surface area contributed by atoms with Gasteiger partial charge in [0.25, 0.3) is 5.91 Å². The summed E-state index contributed by atoms with van der Waals surface area (Å²) in [6.45, 7) is 0.269. The van der Waals surface area contributed by atoms with E-state index in [-0.39, 0.29) is 30.0 Å². The predicted molar refractivity (Wildman–Crippen MR) is 139 cm³/mol. The lowest BCUT2D eigenvalue weighted by atomic mass is 9.96. The molecule has 0 spiro atoms. The second-order valence-electron chi connectivity index (χ2n) is 8.76. The topological polar surface area (TPSA) is 115 Å². The fraction of sp³-hybridized carbons (Fsp3) is 0.308. The first-order valence-corrected chi connectivity index (χ1v) is 12.0. The van der Waals surface area contributed by atoms with Crippen LogP contribution >= 0.6 is 11.6 Å². The van der Waals surface area contributed by atoms with Gasteiger partial charge in [0.05, 0.1) is 50.7 Å². The molecule has 1 aliphatic rings. The number of anilines is 1. The number of halogens is 1. The van der Waals surface area contributed by atoms with Crippen molar-refractivity contribution in [2.75, 3.05) is 45.8 Å². The van der Waals surface area contributed by atoms with Gasteiger partial charge in [-0.2, -0.15) is 0 Å². The second kappa shape index (κ2) is 9.11. The number of ether oxygens (including phenoxy) is 4. The maximum Gasteiger partial charge on any atom is 0.340 e. The molecule has 0 fully saturated rings. The standard InChI is InChI=1S/C26H26ClN3O7/c1-29-11-14(26(33)37-5)20-19-13(9-27)10-30(16(19)8-17(31)22(20)29)25(32)15-6-12-7-18(34-2)23(35-3)24(36-4)21(12)28-15/h6-8,11,13,28,31H,9-10H2,1-5H3. The van der Waals surface area contributed by atoms with Gasteiger partial charge in [-0.25, -0.2) is 4.79 Å². The van der Waals surface area contributed by atoms with E-state index in [0.29, 0.717) is 61.6 Å². The lowest BCUT2D eigenvalue weighted by molar-refractivity contribution is 0.0602. The van der Waals surface area contributed by atoms with Crippen LogP contribution in [0.5, 0.6) is 23.0 Å². The van der Waals surface area contributed by atoms with E-state index in [0.717, 1.165) is 0 Å². The van der Waals surface area contributed by atoms with Gasteiger partial charge < -0.3 is 38.5 Å². The van der Waals surface area contributed by atoms with Crippen molar-refractivity contribution in [1.29, 1.82) is 0 Å². The van der Waals surface area contributed by atoms with Crippen LogP contribution in [0.4, 0.5) is 5.69 Å². The van der Waals surface area contributed by atoms with E-state index in [9.17, 15) is 14.7 Å². The molecule has 0 saturated heterocycles. The molecule has 2 aromatic heterocycles. The highest BCUT2D eigenvalue weighted by molar-refractivity contribution is 6.20. The zero-order valence-corrected chi connectivity index (χ0v) is 21.7. The number of aromatic amines is 1. The number of aromatic nitrogens is 2. The summed E-state index contributed by atoms with van der Waals surface area (Å²) in [6, 6.07) is 5.00. The quantitative estimate of drug-likeness (QED) is 0.286. The van der Waals surface area contributed by atoms with Crippen molar-refractivity contribution in [2.24, 2.45) is 7.05 Å². The number of H-pyrrole nitrogens is 1. The monoisotopic (exact) mass is 527 g/mol. The Bertz CT molecular complexity index is 1570. The Morgan fingerprint density at radius 3 is 2.46 bits per heavy atom. The number of phenolic OH excluding ortho intramolecular Hbond substituents is 1. The number of nitrogens with zero attached hydrogens (tertiary/aromatic N) is 2. The summed E-state index contributed by atoms with van der Waals surface area (Å²) in [6.07, 6.45) is 1.61. The number of hydrogen-bond acceptors (Lipinski definition) is 7. The van der Waals surface area contributed by atoms with Crippen molar-refractivity contribution >= 4 is 51.0 Å². The lowest BCUT2D eigenvalue weighted by Gasteiger charge is -2.17. The fourth-order valence-electron chi connectivity index (χ4n) is 5.25. The number of amides is 1. The minimum atomic E-state index is -0.540. The van der Waals surface area contributed by atoms with Crippen molar-refractivity contribution in [3.05, 3.63) is 41.2 Å². The molecule has 5 rings (SSSR count). The summed E-state index contributed by atoms with van der Waals surface area (Å²) in [5.74, 6) is 0.273. The first-order valence-electron chi connectivity index (χ1n) is 11.4. The number of nitrogens with one attached hydrogen (secondary N) is 1. The molecule has 10 nitrogen and oxygen atoms in total. The normalized spacial score (nSPS) is 14.8. The molecule has 2 aromatic carbocycles. The SMILES string of the molecule is COC(=O)c1cn(C)c2c(O)cc3c(c12)C(CCl)CN3C(=O)c1cc2cc(OC)c(OC)c(OC)c2[nH]1. The minimum absolute atomic E-state index is 0.0628. The van der Waals surface area contributed by atoms with Gasteiger partial charge in [0, 0.05) is 48.4 Å². The minimum Gasteiger partial charge on any atom is -0.506 e. The molecule has 0 aliphatic carbocycles. The number of methoxy groups -OCH3 is 4. The van der Waals surface area contributed by atoms with Crippen LogP contribution in [0.2, 0.25) is 0 Å². The molecule has 1 aliphatic heterocycles. The van der Waals surface area contributed by atoms with Crippen LogP contribution in [0.1, 0.15) is 32.3 Å². The van der Waals surface area contributed by atoms with Crippen LogP contribution < -0.4 is 19.1 Å².